The molecule has 0 aliphatic carbocycles. The lowest BCUT2D eigenvalue weighted by atomic mass is 10.2. The fourth-order valence-corrected chi connectivity index (χ4v) is 1.66. The van der Waals surface area contributed by atoms with Gasteiger partial charge in [0.25, 0.3) is 0 Å². The maximum absolute atomic E-state index is 5.66. The highest BCUT2D eigenvalue weighted by Crippen LogP contribution is 2.07. The van der Waals surface area contributed by atoms with Gasteiger partial charge in [-0.1, -0.05) is 13.8 Å². The number of ether oxygens (including phenoxy) is 1. The van der Waals surface area contributed by atoms with Crippen molar-refractivity contribution in [2.45, 2.75) is 40.0 Å². The first-order chi connectivity index (χ1) is 8.72. The van der Waals surface area contributed by atoms with Crippen molar-refractivity contribution in [3.8, 4) is 0 Å². The van der Waals surface area contributed by atoms with Gasteiger partial charge in [-0.15, -0.1) is 0 Å². The third kappa shape index (κ3) is 6.77. The molecule has 0 bridgehead atoms. The van der Waals surface area contributed by atoms with Gasteiger partial charge in [0.15, 0.2) is 5.89 Å². The van der Waals surface area contributed by atoms with Crippen LogP contribution in [0.25, 0.3) is 0 Å². The summed E-state index contributed by atoms with van der Waals surface area (Å²) in [5.41, 5.74) is 0. The van der Waals surface area contributed by atoms with Crippen LogP contribution in [0.1, 0.15) is 38.8 Å². The Morgan fingerprint density at radius 3 is 2.94 bits per heavy atom. The van der Waals surface area contributed by atoms with Gasteiger partial charge in [-0.3, -0.25) is 0 Å². The maximum Gasteiger partial charge on any atom is 0.195 e. The van der Waals surface area contributed by atoms with Crippen molar-refractivity contribution >= 4 is 0 Å². The third-order valence-electron chi connectivity index (χ3n) is 2.59. The van der Waals surface area contributed by atoms with E-state index >= 15 is 0 Å². The molecule has 1 heterocycles. The summed E-state index contributed by atoms with van der Waals surface area (Å²) < 4.78 is 11.0. The van der Waals surface area contributed by atoms with E-state index in [4.69, 9.17) is 9.15 Å². The number of nitrogens with zero attached hydrogens (tertiary/aromatic N) is 1. The molecule has 4 nitrogen and oxygen atoms in total. The van der Waals surface area contributed by atoms with Crippen molar-refractivity contribution in [3.63, 3.8) is 0 Å². The fraction of sp³-hybridized carbons (Fsp3) is 0.786. The summed E-state index contributed by atoms with van der Waals surface area (Å²) >= 11 is 0. The number of rotatable bonds is 10. The number of aromatic nitrogens is 1. The third-order valence-corrected chi connectivity index (χ3v) is 2.59. The van der Waals surface area contributed by atoms with Gasteiger partial charge >= 0.3 is 0 Å². The summed E-state index contributed by atoms with van der Waals surface area (Å²) in [4.78, 5) is 4.28. The smallest absolute Gasteiger partial charge is 0.195 e. The predicted octanol–water partition coefficient (Wildman–Crippen LogP) is 2.43. The minimum atomic E-state index is 0.684. The van der Waals surface area contributed by atoms with Gasteiger partial charge in [-0.05, 0) is 25.8 Å². The van der Waals surface area contributed by atoms with E-state index in [-0.39, 0.29) is 0 Å². The van der Waals surface area contributed by atoms with Crippen LogP contribution in [0.4, 0.5) is 0 Å². The zero-order valence-electron chi connectivity index (χ0n) is 11.9. The second kappa shape index (κ2) is 9.11. The molecule has 18 heavy (non-hydrogen) atoms. The Morgan fingerprint density at radius 2 is 2.22 bits per heavy atom. The Labute approximate surface area is 110 Å². The maximum atomic E-state index is 5.66. The van der Waals surface area contributed by atoms with Crippen LogP contribution in [0, 0.1) is 5.92 Å². The lowest BCUT2D eigenvalue weighted by Gasteiger charge is -2.05. The highest BCUT2D eigenvalue weighted by molar-refractivity contribution is 4.94. The number of nitrogens with one attached hydrogen (secondary N) is 1. The zero-order valence-corrected chi connectivity index (χ0v) is 11.9. The topological polar surface area (TPSA) is 47.3 Å². The van der Waals surface area contributed by atoms with E-state index in [1.807, 2.05) is 13.1 Å². The largest absolute Gasteiger partial charge is 0.446 e. The van der Waals surface area contributed by atoms with Crippen LogP contribution < -0.4 is 5.32 Å². The van der Waals surface area contributed by atoms with E-state index in [1.165, 1.54) is 0 Å². The quantitative estimate of drug-likeness (QED) is 0.651. The molecule has 0 spiro atoms. The fourth-order valence-electron chi connectivity index (χ4n) is 1.66. The SMILES string of the molecule is CCOCCCc1cnc(CCNCC(C)C)o1. The summed E-state index contributed by atoms with van der Waals surface area (Å²) in [7, 11) is 0. The molecule has 0 aromatic carbocycles. The van der Waals surface area contributed by atoms with E-state index < -0.39 is 0 Å². The van der Waals surface area contributed by atoms with Crippen molar-refractivity contribution < 1.29 is 9.15 Å². The highest BCUT2D eigenvalue weighted by Gasteiger charge is 2.03. The van der Waals surface area contributed by atoms with Gasteiger partial charge in [0.2, 0.25) is 0 Å². The van der Waals surface area contributed by atoms with Gasteiger partial charge in [-0.2, -0.15) is 0 Å². The monoisotopic (exact) mass is 254 g/mol. The molecule has 0 atom stereocenters. The number of oxazole rings is 1. The van der Waals surface area contributed by atoms with Gasteiger partial charge < -0.3 is 14.5 Å². The number of hydrogen-bond acceptors (Lipinski definition) is 4. The predicted molar refractivity (Wildman–Crippen MR) is 72.7 cm³/mol. The molecule has 1 rings (SSSR count). The first-order valence-electron chi connectivity index (χ1n) is 6.94. The molecule has 0 saturated heterocycles. The van der Waals surface area contributed by atoms with Gasteiger partial charge in [0, 0.05) is 32.6 Å². The zero-order chi connectivity index (χ0) is 13.2. The minimum Gasteiger partial charge on any atom is -0.446 e. The molecular weight excluding hydrogens is 228 g/mol. The Kier molecular flexibility index (Phi) is 7.69. The summed E-state index contributed by atoms with van der Waals surface area (Å²) in [6.45, 7) is 9.96. The average Bonchev–Trinajstić information content (AvgIpc) is 2.78. The molecule has 0 unspecified atom stereocenters. The molecule has 4 heteroatoms. The minimum absolute atomic E-state index is 0.684. The molecule has 104 valence electrons. The number of aryl methyl sites for hydroxylation is 1. The molecule has 0 amide bonds. The van der Waals surface area contributed by atoms with E-state index in [2.05, 4.69) is 24.1 Å². The molecule has 0 fully saturated rings. The Balaban J connectivity index is 2.13. The molecule has 1 N–H and O–H groups in total. The second-order valence-corrected chi connectivity index (χ2v) is 4.87. The molecular formula is C14H26N2O2. The molecule has 0 aliphatic heterocycles. The Hall–Kier alpha value is -0.870. The van der Waals surface area contributed by atoms with Crippen LogP contribution in [-0.2, 0) is 17.6 Å². The van der Waals surface area contributed by atoms with Gasteiger partial charge in [-0.25, -0.2) is 4.98 Å². The second-order valence-electron chi connectivity index (χ2n) is 4.87. The summed E-state index contributed by atoms with van der Waals surface area (Å²) in [6.07, 6.45) is 4.60. The van der Waals surface area contributed by atoms with E-state index in [9.17, 15) is 0 Å². The van der Waals surface area contributed by atoms with Crippen molar-refractivity contribution in [3.05, 3.63) is 17.8 Å². The average molecular weight is 254 g/mol. The molecule has 1 aromatic rings. The van der Waals surface area contributed by atoms with E-state index in [1.54, 1.807) is 0 Å². The van der Waals surface area contributed by atoms with Gasteiger partial charge in [0.1, 0.15) is 5.76 Å². The Bertz CT molecular complexity index is 310. The standard InChI is InChI=1S/C14H26N2O2/c1-4-17-9-5-6-13-11-16-14(18-13)7-8-15-10-12(2)3/h11-12,15H,4-10H2,1-3H3. The van der Waals surface area contributed by atoms with Crippen LogP contribution in [0.3, 0.4) is 0 Å². The molecule has 0 saturated carbocycles. The molecule has 0 aliphatic rings. The van der Waals surface area contributed by atoms with Crippen LogP contribution in [0.2, 0.25) is 0 Å². The van der Waals surface area contributed by atoms with Gasteiger partial charge in [0.05, 0.1) is 6.20 Å². The van der Waals surface area contributed by atoms with Crippen molar-refractivity contribution in [2.75, 3.05) is 26.3 Å². The lowest BCUT2D eigenvalue weighted by molar-refractivity contribution is 0.144. The number of hydrogen-bond donors (Lipinski definition) is 1. The van der Waals surface area contributed by atoms with Crippen LogP contribution in [0.15, 0.2) is 10.6 Å². The van der Waals surface area contributed by atoms with Crippen LogP contribution >= 0.6 is 0 Å². The molecule has 1 aromatic heterocycles. The lowest BCUT2D eigenvalue weighted by Crippen LogP contribution is -2.22. The first-order valence-corrected chi connectivity index (χ1v) is 6.94. The Morgan fingerprint density at radius 1 is 1.39 bits per heavy atom. The summed E-state index contributed by atoms with van der Waals surface area (Å²) in [5, 5.41) is 3.38. The van der Waals surface area contributed by atoms with Crippen LogP contribution in [0.5, 0.6) is 0 Å². The van der Waals surface area contributed by atoms with Crippen molar-refractivity contribution in [1.82, 2.24) is 10.3 Å². The van der Waals surface area contributed by atoms with Crippen LogP contribution in [-0.4, -0.2) is 31.3 Å². The molecule has 0 radical (unpaired) electrons. The highest BCUT2D eigenvalue weighted by atomic mass is 16.5. The van der Waals surface area contributed by atoms with E-state index in [0.29, 0.717) is 5.92 Å². The summed E-state index contributed by atoms with van der Waals surface area (Å²) in [5.74, 6) is 2.48. The van der Waals surface area contributed by atoms with Crippen molar-refractivity contribution in [1.29, 1.82) is 0 Å². The summed E-state index contributed by atoms with van der Waals surface area (Å²) in [6, 6.07) is 0. The van der Waals surface area contributed by atoms with E-state index in [0.717, 1.165) is 57.2 Å². The first kappa shape index (κ1) is 15.2. The van der Waals surface area contributed by atoms with Crippen molar-refractivity contribution in [2.24, 2.45) is 5.92 Å². The normalized spacial score (nSPS) is 11.3.